The molecule has 0 saturated heterocycles. The van der Waals surface area contributed by atoms with Gasteiger partial charge in [0.1, 0.15) is 0 Å². The maximum absolute atomic E-state index is 12.1. The van der Waals surface area contributed by atoms with Crippen molar-refractivity contribution in [2.45, 2.75) is 6.92 Å². The van der Waals surface area contributed by atoms with Gasteiger partial charge in [-0.1, -0.05) is 18.2 Å². The second-order valence-electron chi connectivity index (χ2n) is 4.62. The van der Waals surface area contributed by atoms with Gasteiger partial charge >= 0.3 is 6.09 Å². The molecule has 2 aromatic heterocycles. The number of nitrogens with zero attached hydrogens (tertiary/aromatic N) is 4. The molecule has 0 radical (unpaired) electrons. The zero-order valence-electron chi connectivity index (χ0n) is 12.4. The number of pyridine rings is 1. The molecule has 0 atom stereocenters. The quantitative estimate of drug-likeness (QED) is 0.690. The molecule has 3 aromatic rings. The van der Waals surface area contributed by atoms with E-state index in [0.29, 0.717) is 5.82 Å². The highest BCUT2D eigenvalue weighted by atomic mass is 32.1. The molecule has 1 aromatic carbocycles. The standard InChI is InChI=1S/C16H14N4O2S/c1-2-22-16(21)20-15(23)19(13-6-4-3-5-7-13)14(18-20)12-8-10-17-11-9-12/h3-11H,2H2,1H3. The van der Waals surface area contributed by atoms with Crippen molar-refractivity contribution in [1.29, 1.82) is 0 Å². The second kappa shape index (κ2) is 6.53. The van der Waals surface area contributed by atoms with Gasteiger partial charge in [0.2, 0.25) is 4.77 Å². The Morgan fingerprint density at radius 3 is 2.52 bits per heavy atom. The summed E-state index contributed by atoms with van der Waals surface area (Å²) in [5, 5.41) is 4.35. The summed E-state index contributed by atoms with van der Waals surface area (Å²) in [7, 11) is 0. The van der Waals surface area contributed by atoms with Gasteiger partial charge in [0.25, 0.3) is 0 Å². The predicted molar refractivity (Wildman–Crippen MR) is 88.0 cm³/mol. The maximum Gasteiger partial charge on any atom is 0.437 e. The van der Waals surface area contributed by atoms with Crippen molar-refractivity contribution in [2.24, 2.45) is 0 Å². The number of hydrogen-bond donors (Lipinski definition) is 0. The van der Waals surface area contributed by atoms with E-state index in [2.05, 4.69) is 10.1 Å². The highest BCUT2D eigenvalue weighted by molar-refractivity contribution is 7.71. The van der Waals surface area contributed by atoms with Gasteiger partial charge in [-0.2, -0.15) is 0 Å². The topological polar surface area (TPSA) is 61.9 Å². The fourth-order valence-electron chi connectivity index (χ4n) is 2.17. The van der Waals surface area contributed by atoms with Crippen molar-refractivity contribution < 1.29 is 9.53 Å². The van der Waals surface area contributed by atoms with E-state index in [4.69, 9.17) is 17.0 Å². The van der Waals surface area contributed by atoms with Gasteiger partial charge in [0.05, 0.1) is 6.61 Å². The molecule has 0 fully saturated rings. The predicted octanol–water partition coefficient (Wildman–Crippen LogP) is 3.47. The molecule has 3 rings (SSSR count). The third-order valence-corrected chi connectivity index (χ3v) is 3.53. The van der Waals surface area contributed by atoms with E-state index in [1.165, 1.54) is 0 Å². The van der Waals surface area contributed by atoms with Crippen molar-refractivity contribution in [3.8, 4) is 17.1 Å². The van der Waals surface area contributed by atoms with Crippen LogP contribution in [0.25, 0.3) is 17.1 Å². The van der Waals surface area contributed by atoms with Crippen LogP contribution in [0.2, 0.25) is 0 Å². The molecule has 116 valence electrons. The largest absolute Gasteiger partial charge is 0.448 e. The number of carbonyl (C=O) groups is 1. The minimum atomic E-state index is -0.595. The van der Waals surface area contributed by atoms with Crippen molar-refractivity contribution in [3.05, 3.63) is 59.6 Å². The lowest BCUT2D eigenvalue weighted by Crippen LogP contribution is -2.15. The Morgan fingerprint density at radius 2 is 1.87 bits per heavy atom. The molecule has 0 bridgehead atoms. The van der Waals surface area contributed by atoms with Gasteiger partial charge in [-0.05, 0) is 43.4 Å². The number of benzene rings is 1. The van der Waals surface area contributed by atoms with Crippen molar-refractivity contribution in [2.75, 3.05) is 6.61 Å². The van der Waals surface area contributed by atoms with E-state index in [1.54, 1.807) is 23.9 Å². The zero-order valence-corrected chi connectivity index (χ0v) is 13.2. The van der Waals surface area contributed by atoms with Gasteiger partial charge in [-0.15, -0.1) is 9.78 Å². The molecule has 0 saturated carbocycles. The lowest BCUT2D eigenvalue weighted by Gasteiger charge is -2.06. The molecule has 0 aliphatic rings. The van der Waals surface area contributed by atoms with Crippen LogP contribution in [0.5, 0.6) is 0 Å². The molecule has 0 N–H and O–H groups in total. The van der Waals surface area contributed by atoms with E-state index in [9.17, 15) is 4.79 Å². The minimum Gasteiger partial charge on any atom is -0.448 e. The first kappa shape index (κ1) is 15.1. The fourth-order valence-corrected chi connectivity index (χ4v) is 2.48. The van der Waals surface area contributed by atoms with Crippen LogP contribution < -0.4 is 0 Å². The number of ether oxygens (including phenoxy) is 1. The SMILES string of the molecule is CCOC(=O)n1nc(-c2ccncc2)n(-c2ccccc2)c1=S. The van der Waals surface area contributed by atoms with Crippen molar-refractivity contribution >= 4 is 18.3 Å². The summed E-state index contributed by atoms with van der Waals surface area (Å²) < 4.78 is 8.11. The molecule has 0 aliphatic carbocycles. The van der Waals surface area contributed by atoms with Crippen LogP contribution in [0.1, 0.15) is 6.92 Å². The number of rotatable bonds is 3. The number of carbonyl (C=O) groups excluding carboxylic acids is 1. The molecular weight excluding hydrogens is 312 g/mol. The summed E-state index contributed by atoms with van der Waals surface area (Å²) in [6.07, 6.45) is 2.73. The van der Waals surface area contributed by atoms with Crippen LogP contribution in [0.4, 0.5) is 4.79 Å². The number of aromatic nitrogens is 4. The lowest BCUT2D eigenvalue weighted by atomic mass is 10.2. The van der Waals surface area contributed by atoms with Crippen LogP contribution in [0.3, 0.4) is 0 Å². The van der Waals surface area contributed by atoms with Gasteiger partial charge in [-0.3, -0.25) is 9.55 Å². The molecular formula is C16H14N4O2S. The number of hydrogen-bond acceptors (Lipinski definition) is 5. The van der Waals surface area contributed by atoms with Gasteiger partial charge < -0.3 is 4.74 Å². The molecule has 2 heterocycles. The molecule has 23 heavy (non-hydrogen) atoms. The monoisotopic (exact) mass is 326 g/mol. The first-order valence-corrected chi connectivity index (χ1v) is 7.48. The third-order valence-electron chi connectivity index (χ3n) is 3.17. The van der Waals surface area contributed by atoms with E-state index in [0.717, 1.165) is 15.9 Å². The van der Waals surface area contributed by atoms with Crippen molar-refractivity contribution in [3.63, 3.8) is 0 Å². The summed E-state index contributed by atoms with van der Waals surface area (Å²) in [5.41, 5.74) is 1.62. The smallest absolute Gasteiger partial charge is 0.437 e. The van der Waals surface area contributed by atoms with E-state index >= 15 is 0 Å². The minimum absolute atomic E-state index is 0.251. The fraction of sp³-hybridized carbons (Fsp3) is 0.125. The molecule has 0 aliphatic heterocycles. The lowest BCUT2D eigenvalue weighted by molar-refractivity contribution is 0.150. The Kier molecular flexibility index (Phi) is 4.29. The third kappa shape index (κ3) is 2.91. The summed E-state index contributed by atoms with van der Waals surface area (Å²) >= 11 is 5.43. The van der Waals surface area contributed by atoms with E-state index in [-0.39, 0.29) is 11.4 Å². The molecule has 0 unspecified atom stereocenters. The van der Waals surface area contributed by atoms with Gasteiger partial charge in [0.15, 0.2) is 5.82 Å². The average molecular weight is 326 g/mol. The molecule has 0 amide bonds. The van der Waals surface area contributed by atoms with Crippen LogP contribution in [0.15, 0.2) is 54.9 Å². The van der Waals surface area contributed by atoms with Gasteiger partial charge in [0, 0.05) is 23.6 Å². The Morgan fingerprint density at radius 1 is 1.17 bits per heavy atom. The Labute approximate surface area is 138 Å². The van der Waals surface area contributed by atoms with Crippen LogP contribution >= 0.6 is 12.2 Å². The van der Waals surface area contributed by atoms with Crippen LogP contribution in [-0.2, 0) is 4.74 Å². The van der Waals surface area contributed by atoms with Crippen LogP contribution in [-0.4, -0.2) is 32.0 Å². The summed E-state index contributed by atoms with van der Waals surface area (Å²) in [5.74, 6) is 0.552. The first-order valence-electron chi connectivity index (χ1n) is 7.07. The molecule has 0 spiro atoms. The van der Waals surface area contributed by atoms with Crippen molar-refractivity contribution in [1.82, 2.24) is 19.3 Å². The highest BCUT2D eigenvalue weighted by Crippen LogP contribution is 2.22. The van der Waals surface area contributed by atoms with Gasteiger partial charge in [-0.25, -0.2) is 4.79 Å². The molecule has 7 heteroatoms. The zero-order chi connectivity index (χ0) is 16.2. The Bertz CT molecular complexity index is 872. The second-order valence-corrected chi connectivity index (χ2v) is 4.99. The maximum atomic E-state index is 12.1. The molecule has 6 nitrogen and oxygen atoms in total. The summed E-state index contributed by atoms with van der Waals surface area (Å²) in [6, 6.07) is 13.1. The first-order chi connectivity index (χ1) is 11.2. The Balaban J connectivity index is 2.24. The van der Waals surface area contributed by atoms with Crippen LogP contribution in [0, 0.1) is 4.77 Å². The average Bonchev–Trinajstić information content (AvgIpc) is 2.94. The summed E-state index contributed by atoms with van der Waals surface area (Å²) in [4.78, 5) is 16.1. The summed E-state index contributed by atoms with van der Waals surface area (Å²) in [6.45, 7) is 1.99. The highest BCUT2D eigenvalue weighted by Gasteiger charge is 2.18. The number of para-hydroxylation sites is 1. The Hall–Kier alpha value is -2.80. The van der Waals surface area contributed by atoms with E-state index in [1.807, 2.05) is 42.5 Å². The van der Waals surface area contributed by atoms with E-state index < -0.39 is 6.09 Å². The normalized spacial score (nSPS) is 10.5.